The van der Waals surface area contributed by atoms with Gasteiger partial charge in [-0.3, -0.25) is 0 Å². The molecule has 0 bridgehead atoms. The van der Waals surface area contributed by atoms with Crippen molar-refractivity contribution >= 4 is 5.82 Å². The quantitative estimate of drug-likeness (QED) is 0.618. The number of nitrogens with two attached hydrogens (primary N) is 1. The normalized spacial score (nSPS) is 11.0. The van der Waals surface area contributed by atoms with Gasteiger partial charge >= 0.3 is 0 Å². The molecule has 0 amide bonds. The van der Waals surface area contributed by atoms with Crippen molar-refractivity contribution in [2.24, 2.45) is 0 Å². The maximum atomic E-state index is 13.9. The van der Waals surface area contributed by atoms with E-state index in [4.69, 9.17) is 10.3 Å². The fraction of sp³-hybridized carbons (Fsp3) is 0.0588. The molecule has 8 heteroatoms. The number of aryl methyl sites for hydroxylation is 1. The average molecular weight is 336 g/mol. The van der Waals surface area contributed by atoms with Crippen LogP contribution < -0.4 is 5.73 Å². The minimum absolute atomic E-state index is 0.0792. The number of para-hydroxylation sites is 1. The van der Waals surface area contributed by atoms with E-state index in [9.17, 15) is 4.39 Å². The molecular formula is C17H13FN6O. The summed E-state index contributed by atoms with van der Waals surface area (Å²) in [7, 11) is 0. The molecule has 4 aromatic rings. The molecule has 0 fully saturated rings. The SMILES string of the molecule is Cc1ccccc1-n1nnc(-c2nc(-c3ccccc3F)no2)c1N. The summed E-state index contributed by atoms with van der Waals surface area (Å²) in [4.78, 5) is 4.19. The van der Waals surface area contributed by atoms with Gasteiger partial charge in [-0.15, -0.1) is 5.10 Å². The highest BCUT2D eigenvalue weighted by Gasteiger charge is 2.21. The van der Waals surface area contributed by atoms with Crippen LogP contribution in [0.1, 0.15) is 5.56 Å². The van der Waals surface area contributed by atoms with Crippen molar-refractivity contribution in [3.63, 3.8) is 0 Å². The van der Waals surface area contributed by atoms with E-state index in [0.29, 0.717) is 0 Å². The number of nitrogens with zero attached hydrogens (tertiary/aromatic N) is 5. The smallest absolute Gasteiger partial charge is 0.282 e. The Bertz CT molecular complexity index is 1050. The standard InChI is InChI=1S/C17H13FN6O/c1-10-6-2-5-9-13(10)24-15(19)14(21-23-24)17-20-16(22-25-17)11-7-3-4-8-12(11)18/h2-9H,19H2,1H3. The molecule has 0 aliphatic rings. The highest BCUT2D eigenvalue weighted by molar-refractivity contribution is 5.66. The van der Waals surface area contributed by atoms with Crippen LogP contribution in [0.5, 0.6) is 0 Å². The van der Waals surface area contributed by atoms with Crippen LogP contribution in [0, 0.1) is 12.7 Å². The second-order valence-corrected chi connectivity index (χ2v) is 5.42. The molecule has 2 aromatic heterocycles. The summed E-state index contributed by atoms with van der Waals surface area (Å²) in [6.07, 6.45) is 0. The number of halogens is 1. The van der Waals surface area contributed by atoms with E-state index in [1.807, 2.05) is 31.2 Å². The van der Waals surface area contributed by atoms with Crippen molar-refractivity contribution in [3.8, 4) is 28.7 Å². The molecule has 7 nitrogen and oxygen atoms in total. The first kappa shape index (κ1) is 15.0. The van der Waals surface area contributed by atoms with Crippen LogP contribution in [0.4, 0.5) is 10.2 Å². The van der Waals surface area contributed by atoms with Crippen molar-refractivity contribution in [1.29, 1.82) is 0 Å². The van der Waals surface area contributed by atoms with E-state index in [-0.39, 0.29) is 28.8 Å². The Kier molecular flexibility index (Phi) is 3.50. The van der Waals surface area contributed by atoms with Gasteiger partial charge < -0.3 is 10.3 Å². The predicted molar refractivity (Wildman–Crippen MR) is 89.2 cm³/mol. The van der Waals surface area contributed by atoms with Crippen LogP contribution in [0.2, 0.25) is 0 Å². The van der Waals surface area contributed by atoms with E-state index in [0.717, 1.165) is 11.3 Å². The summed E-state index contributed by atoms with van der Waals surface area (Å²) < 4.78 is 20.6. The van der Waals surface area contributed by atoms with Crippen LogP contribution >= 0.6 is 0 Å². The number of nitrogen functional groups attached to an aromatic ring is 1. The van der Waals surface area contributed by atoms with E-state index in [2.05, 4.69) is 20.5 Å². The Balaban J connectivity index is 1.75. The van der Waals surface area contributed by atoms with Gasteiger partial charge in [0, 0.05) is 0 Å². The zero-order valence-electron chi connectivity index (χ0n) is 13.2. The molecule has 124 valence electrons. The number of benzene rings is 2. The molecule has 0 radical (unpaired) electrons. The zero-order valence-corrected chi connectivity index (χ0v) is 13.2. The summed E-state index contributed by atoms with van der Waals surface area (Å²) in [5.74, 6) is 0.0259. The topological polar surface area (TPSA) is 95.6 Å². The summed E-state index contributed by atoms with van der Waals surface area (Å²) in [6.45, 7) is 1.94. The van der Waals surface area contributed by atoms with Crippen LogP contribution in [0.15, 0.2) is 53.1 Å². The minimum atomic E-state index is -0.439. The molecule has 4 rings (SSSR count). The molecule has 2 heterocycles. The maximum Gasteiger partial charge on any atom is 0.282 e. The van der Waals surface area contributed by atoms with Gasteiger partial charge in [-0.1, -0.05) is 40.7 Å². The summed E-state index contributed by atoms with van der Waals surface area (Å²) in [5.41, 5.74) is 8.42. The molecule has 2 aromatic carbocycles. The third-order valence-corrected chi connectivity index (χ3v) is 3.79. The maximum absolute atomic E-state index is 13.9. The number of anilines is 1. The number of hydrogen-bond acceptors (Lipinski definition) is 6. The molecule has 0 unspecified atom stereocenters. The molecule has 0 aliphatic carbocycles. The van der Waals surface area contributed by atoms with Crippen molar-refractivity contribution in [2.45, 2.75) is 6.92 Å². The summed E-state index contributed by atoms with van der Waals surface area (Å²) >= 11 is 0. The van der Waals surface area contributed by atoms with Crippen molar-refractivity contribution < 1.29 is 8.91 Å². The number of rotatable bonds is 3. The Morgan fingerprint density at radius 1 is 1.08 bits per heavy atom. The molecule has 0 spiro atoms. The number of hydrogen-bond donors (Lipinski definition) is 1. The second kappa shape index (κ2) is 5.82. The lowest BCUT2D eigenvalue weighted by Crippen LogP contribution is -2.04. The molecule has 25 heavy (non-hydrogen) atoms. The van der Waals surface area contributed by atoms with E-state index < -0.39 is 5.82 Å². The fourth-order valence-electron chi connectivity index (χ4n) is 2.49. The Morgan fingerprint density at radius 2 is 1.84 bits per heavy atom. The van der Waals surface area contributed by atoms with Gasteiger partial charge in [-0.25, -0.2) is 4.39 Å². The monoisotopic (exact) mass is 336 g/mol. The van der Waals surface area contributed by atoms with Gasteiger partial charge in [-0.2, -0.15) is 9.67 Å². The average Bonchev–Trinajstić information content (AvgIpc) is 3.23. The predicted octanol–water partition coefficient (Wildman–Crippen LogP) is 3.01. The van der Waals surface area contributed by atoms with Gasteiger partial charge in [0.2, 0.25) is 5.82 Å². The van der Waals surface area contributed by atoms with Gasteiger partial charge in [0.25, 0.3) is 5.89 Å². The van der Waals surface area contributed by atoms with E-state index >= 15 is 0 Å². The first-order chi connectivity index (χ1) is 12.1. The van der Waals surface area contributed by atoms with E-state index in [1.165, 1.54) is 10.7 Å². The Hall–Kier alpha value is -3.55. The van der Waals surface area contributed by atoms with Crippen LogP contribution in [-0.2, 0) is 0 Å². The van der Waals surface area contributed by atoms with Gasteiger partial charge in [-0.05, 0) is 30.7 Å². The fourth-order valence-corrected chi connectivity index (χ4v) is 2.49. The first-order valence-electron chi connectivity index (χ1n) is 7.51. The lowest BCUT2D eigenvalue weighted by atomic mass is 10.2. The minimum Gasteiger partial charge on any atom is -0.382 e. The first-order valence-corrected chi connectivity index (χ1v) is 7.51. The van der Waals surface area contributed by atoms with Crippen LogP contribution in [0.3, 0.4) is 0 Å². The lowest BCUT2D eigenvalue weighted by Gasteiger charge is -2.05. The van der Waals surface area contributed by atoms with Gasteiger partial charge in [0.1, 0.15) is 5.82 Å². The van der Waals surface area contributed by atoms with Crippen molar-refractivity contribution in [1.82, 2.24) is 25.1 Å². The molecule has 0 saturated carbocycles. The number of aromatic nitrogens is 5. The zero-order chi connectivity index (χ0) is 17.4. The molecule has 0 atom stereocenters. The van der Waals surface area contributed by atoms with Crippen LogP contribution in [-0.4, -0.2) is 25.1 Å². The van der Waals surface area contributed by atoms with E-state index in [1.54, 1.807) is 18.2 Å². The third kappa shape index (κ3) is 2.53. The van der Waals surface area contributed by atoms with Crippen molar-refractivity contribution in [2.75, 3.05) is 5.73 Å². The second-order valence-electron chi connectivity index (χ2n) is 5.42. The Morgan fingerprint density at radius 3 is 2.64 bits per heavy atom. The van der Waals surface area contributed by atoms with Gasteiger partial charge in [0.05, 0.1) is 11.3 Å². The third-order valence-electron chi connectivity index (χ3n) is 3.79. The highest BCUT2D eigenvalue weighted by atomic mass is 19.1. The molecular weight excluding hydrogens is 323 g/mol. The Labute approximate surface area is 141 Å². The molecule has 0 aliphatic heterocycles. The van der Waals surface area contributed by atoms with Gasteiger partial charge in [0.15, 0.2) is 11.5 Å². The molecule has 2 N–H and O–H groups in total. The largest absolute Gasteiger partial charge is 0.382 e. The molecule has 0 saturated heterocycles. The summed E-state index contributed by atoms with van der Waals surface area (Å²) in [6, 6.07) is 13.8. The van der Waals surface area contributed by atoms with Crippen molar-refractivity contribution in [3.05, 3.63) is 59.9 Å². The van der Waals surface area contributed by atoms with Crippen LogP contribution in [0.25, 0.3) is 28.7 Å². The lowest BCUT2D eigenvalue weighted by molar-refractivity contribution is 0.430. The summed E-state index contributed by atoms with van der Waals surface area (Å²) in [5, 5.41) is 11.9. The highest BCUT2D eigenvalue weighted by Crippen LogP contribution is 2.27.